The van der Waals surface area contributed by atoms with Gasteiger partial charge < -0.3 is 9.47 Å². The molecule has 0 N–H and O–H groups in total. The lowest BCUT2D eigenvalue weighted by Gasteiger charge is -2.15. The van der Waals surface area contributed by atoms with Gasteiger partial charge in [-0.25, -0.2) is 0 Å². The lowest BCUT2D eigenvalue weighted by molar-refractivity contribution is 0.112. The molecule has 0 aliphatic rings. The van der Waals surface area contributed by atoms with E-state index in [1.165, 1.54) is 0 Å². The van der Waals surface area contributed by atoms with Crippen LogP contribution in [0.25, 0.3) is 11.1 Å². The predicted molar refractivity (Wildman–Crippen MR) is 75.0 cm³/mol. The van der Waals surface area contributed by atoms with Gasteiger partial charge in [0.2, 0.25) is 0 Å². The van der Waals surface area contributed by atoms with Gasteiger partial charge in [-0.3, -0.25) is 4.79 Å². The maximum absolute atomic E-state index is 11.0. The van der Waals surface area contributed by atoms with Gasteiger partial charge in [0.1, 0.15) is 6.29 Å². The molecule has 0 aliphatic carbocycles. The highest BCUT2D eigenvalue weighted by Gasteiger charge is 2.14. The van der Waals surface area contributed by atoms with Gasteiger partial charge in [0, 0.05) is 11.1 Å². The lowest BCUT2D eigenvalue weighted by Crippen LogP contribution is -1.99. The first-order chi connectivity index (χ1) is 9.30. The van der Waals surface area contributed by atoms with Crippen molar-refractivity contribution >= 4 is 6.29 Å². The van der Waals surface area contributed by atoms with Crippen LogP contribution in [-0.4, -0.2) is 20.0 Å². The average Bonchev–Trinajstić information content (AvgIpc) is 2.48. The third-order valence-electron chi connectivity index (χ3n) is 2.81. The summed E-state index contributed by atoms with van der Waals surface area (Å²) in [5, 5.41) is 0. The molecular weight excluding hydrogens is 240 g/mol. The van der Waals surface area contributed by atoms with Crippen LogP contribution in [0.1, 0.15) is 17.3 Å². The van der Waals surface area contributed by atoms with Crippen LogP contribution < -0.4 is 9.47 Å². The number of hydrogen-bond donors (Lipinski definition) is 0. The van der Waals surface area contributed by atoms with Gasteiger partial charge in [-0.2, -0.15) is 0 Å². The Morgan fingerprint density at radius 1 is 1.16 bits per heavy atom. The molecule has 2 rings (SSSR count). The number of rotatable bonds is 5. The van der Waals surface area contributed by atoms with E-state index in [1.54, 1.807) is 13.2 Å². The normalized spacial score (nSPS) is 10.0. The molecule has 0 atom stereocenters. The van der Waals surface area contributed by atoms with Gasteiger partial charge in [0.25, 0.3) is 0 Å². The minimum Gasteiger partial charge on any atom is -0.493 e. The van der Waals surface area contributed by atoms with E-state index in [0.717, 1.165) is 17.4 Å². The predicted octanol–water partition coefficient (Wildman–Crippen LogP) is 3.57. The molecule has 0 fully saturated rings. The van der Waals surface area contributed by atoms with Gasteiger partial charge in [-0.15, -0.1) is 0 Å². The Bertz CT molecular complexity index is 562. The fourth-order valence-electron chi connectivity index (χ4n) is 1.97. The summed E-state index contributed by atoms with van der Waals surface area (Å²) in [5.74, 6) is 1.24. The van der Waals surface area contributed by atoms with Crippen LogP contribution in [0.3, 0.4) is 0 Å². The molecule has 0 saturated carbocycles. The summed E-state index contributed by atoms with van der Waals surface area (Å²) in [4.78, 5) is 11.0. The zero-order valence-corrected chi connectivity index (χ0v) is 11.1. The summed E-state index contributed by atoms with van der Waals surface area (Å²) in [6, 6.07) is 13.3. The molecule has 0 aromatic heterocycles. The molecule has 19 heavy (non-hydrogen) atoms. The van der Waals surface area contributed by atoms with Crippen molar-refractivity contribution in [2.45, 2.75) is 6.92 Å². The third-order valence-corrected chi connectivity index (χ3v) is 2.81. The highest BCUT2D eigenvalue weighted by atomic mass is 16.5. The molecule has 2 aromatic carbocycles. The first-order valence-electron chi connectivity index (χ1n) is 6.15. The van der Waals surface area contributed by atoms with E-state index in [0.29, 0.717) is 23.7 Å². The van der Waals surface area contributed by atoms with E-state index >= 15 is 0 Å². The molecule has 0 radical (unpaired) electrons. The quantitative estimate of drug-likeness (QED) is 0.767. The highest BCUT2D eigenvalue weighted by Crippen LogP contribution is 2.39. The second-order valence-electron chi connectivity index (χ2n) is 4.02. The largest absolute Gasteiger partial charge is 0.493 e. The van der Waals surface area contributed by atoms with E-state index in [-0.39, 0.29) is 0 Å². The Labute approximate surface area is 112 Å². The smallest absolute Gasteiger partial charge is 0.168 e. The second-order valence-corrected chi connectivity index (χ2v) is 4.02. The molecular formula is C16H16O3. The number of hydrogen-bond acceptors (Lipinski definition) is 3. The molecule has 2 aromatic rings. The fourth-order valence-corrected chi connectivity index (χ4v) is 1.97. The monoisotopic (exact) mass is 256 g/mol. The van der Waals surface area contributed by atoms with Crippen LogP contribution in [-0.2, 0) is 0 Å². The van der Waals surface area contributed by atoms with Crippen molar-refractivity contribution in [1.82, 2.24) is 0 Å². The summed E-state index contributed by atoms with van der Waals surface area (Å²) in [7, 11) is 1.57. The first-order valence-corrected chi connectivity index (χ1v) is 6.15. The summed E-state index contributed by atoms with van der Waals surface area (Å²) < 4.78 is 11.0. The van der Waals surface area contributed by atoms with Crippen LogP contribution in [0.15, 0.2) is 42.5 Å². The van der Waals surface area contributed by atoms with Gasteiger partial charge in [0.05, 0.1) is 13.7 Å². The number of methoxy groups -OCH3 is 1. The Hall–Kier alpha value is -2.29. The highest BCUT2D eigenvalue weighted by molar-refractivity contribution is 5.84. The number of ether oxygens (including phenoxy) is 2. The van der Waals surface area contributed by atoms with Gasteiger partial charge >= 0.3 is 0 Å². The summed E-state index contributed by atoms with van der Waals surface area (Å²) in [6.45, 7) is 2.46. The van der Waals surface area contributed by atoms with E-state index in [1.807, 2.05) is 43.3 Å². The van der Waals surface area contributed by atoms with Crippen LogP contribution in [0, 0.1) is 0 Å². The van der Waals surface area contributed by atoms with E-state index in [2.05, 4.69) is 0 Å². The Morgan fingerprint density at radius 2 is 1.89 bits per heavy atom. The van der Waals surface area contributed by atoms with Crippen LogP contribution in [0.2, 0.25) is 0 Å². The number of carbonyl (C=O) groups excluding carboxylic acids is 1. The van der Waals surface area contributed by atoms with Crippen molar-refractivity contribution in [2.24, 2.45) is 0 Å². The number of aldehydes is 1. The van der Waals surface area contributed by atoms with Crippen LogP contribution >= 0.6 is 0 Å². The summed E-state index contributed by atoms with van der Waals surface area (Å²) >= 11 is 0. The maximum atomic E-state index is 11.0. The molecule has 0 bridgehead atoms. The first kappa shape index (κ1) is 13.1. The third kappa shape index (κ3) is 2.76. The number of carbonyl (C=O) groups is 1. The topological polar surface area (TPSA) is 35.5 Å². The molecule has 0 heterocycles. The number of benzene rings is 2. The van der Waals surface area contributed by atoms with Crippen LogP contribution in [0.4, 0.5) is 0 Å². The van der Waals surface area contributed by atoms with Gasteiger partial charge in [0.15, 0.2) is 11.5 Å². The van der Waals surface area contributed by atoms with Gasteiger partial charge in [-0.1, -0.05) is 30.3 Å². The minimum absolute atomic E-state index is 0.538. The Kier molecular flexibility index (Phi) is 4.18. The van der Waals surface area contributed by atoms with Crippen molar-refractivity contribution in [3.8, 4) is 22.6 Å². The minimum atomic E-state index is 0.538. The Morgan fingerprint density at radius 3 is 2.47 bits per heavy atom. The molecule has 0 aliphatic heterocycles. The van der Waals surface area contributed by atoms with E-state index in [4.69, 9.17) is 9.47 Å². The zero-order valence-electron chi connectivity index (χ0n) is 11.1. The second kappa shape index (κ2) is 6.05. The van der Waals surface area contributed by atoms with Crippen molar-refractivity contribution in [1.29, 1.82) is 0 Å². The molecule has 0 spiro atoms. The van der Waals surface area contributed by atoms with Crippen molar-refractivity contribution in [3.63, 3.8) is 0 Å². The lowest BCUT2D eigenvalue weighted by atomic mass is 10.0. The Balaban J connectivity index is 2.65. The fraction of sp³-hybridized carbons (Fsp3) is 0.188. The van der Waals surface area contributed by atoms with E-state index in [9.17, 15) is 4.79 Å². The van der Waals surface area contributed by atoms with Crippen molar-refractivity contribution in [2.75, 3.05) is 13.7 Å². The summed E-state index contributed by atoms with van der Waals surface area (Å²) in [5.41, 5.74) is 2.43. The van der Waals surface area contributed by atoms with Crippen molar-refractivity contribution in [3.05, 3.63) is 48.0 Å². The van der Waals surface area contributed by atoms with Gasteiger partial charge in [-0.05, 0) is 24.6 Å². The van der Waals surface area contributed by atoms with Crippen molar-refractivity contribution < 1.29 is 14.3 Å². The summed E-state index contributed by atoms with van der Waals surface area (Å²) in [6.07, 6.45) is 0.810. The SMILES string of the molecule is CCOc1c(OC)cc(C=O)cc1-c1ccccc1. The average molecular weight is 256 g/mol. The molecule has 0 amide bonds. The zero-order chi connectivity index (χ0) is 13.7. The van der Waals surface area contributed by atoms with E-state index < -0.39 is 0 Å². The molecule has 0 unspecified atom stereocenters. The molecule has 3 heteroatoms. The molecule has 3 nitrogen and oxygen atoms in total. The standard InChI is InChI=1S/C16H16O3/c1-3-19-16-14(13-7-5-4-6-8-13)9-12(11-17)10-15(16)18-2/h4-11H,3H2,1-2H3. The van der Waals surface area contributed by atoms with Crippen LogP contribution in [0.5, 0.6) is 11.5 Å². The molecule has 0 saturated heterocycles. The maximum Gasteiger partial charge on any atom is 0.168 e. The molecule has 98 valence electrons.